The van der Waals surface area contributed by atoms with Crippen molar-refractivity contribution in [1.82, 2.24) is 4.90 Å². The van der Waals surface area contributed by atoms with E-state index in [9.17, 15) is 9.50 Å². The number of hydrogen-bond acceptors (Lipinski definition) is 4. The van der Waals surface area contributed by atoms with Crippen molar-refractivity contribution in [3.8, 4) is 11.5 Å². The summed E-state index contributed by atoms with van der Waals surface area (Å²) in [4.78, 5) is 1.77. The molecule has 25 heavy (non-hydrogen) atoms. The van der Waals surface area contributed by atoms with Crippen LogP contribution in [0.2, 0.25) is 0 Å². The number of nitrogens with one attached hydrogen (secondary N) is 1. The molecule has 7 heteroatoms. The van der Waals surface area contributed by atoms with E-state index in [1.165, 1.54) is 6.07 Å². The minimum atomic E-state index is -0.797. The summed E-state index contributed by atoms with van der Waals surface area (Å²) >= 11 is 5.40. The van der Waals surface area contributed by atoms with Gasteiger partial charge in [0.25, 0.3) is 0 Å². The fraction of sp³-hybridized carbons (Fsp3) is 0.278. The average Bonchev–Trinajstić information content (AvgIpc) is 2.62. The highest BCUT2D eigenvalue weighted by Gasteiger charge is 2.30. The molecule has 0 unspecified atom stereocenters. The van der Waals surface area contributed by atoms with Crippen LogP contribution in [0.5, 0.6) is 11.5 Å². The molecule has 0 bridgehead atoms. The van der Waals surface area contributed by atoms with E-state index < -0.39 is 6.10 Å². The van der Waals surface area contributed by atoms with Crippen molar-refractivity contribution in [3.05, 3.63) is 53.3 Å². The van der Waals surface area contributed by atoms with Crippen LogP contribution in [0.4, 0.5) is 10.1 Å². The molecule has 2 aromatic carbocycles. The molecule has 0 saturated carbocycles. The Hall–Kier alpha value is -2.38. The van der Waals surface area contributed by atoms with E-state index in [-0.39, 0.29) is 12.4 Å². The Morgan fingerprint density at radius 1 is 1.20 bits per heavy atom. The number of anilines is 1. The number of rotatable bonds is 3. The molecule has 0 aromatic heterocycles. The van der Waals surface area contributed by atoms with Gasteiger partial charge in [0.15, 0.2) is 5.11 Å². The number of fused-ring (bicyclic) bond motifs is 1. The van der Waals surface area contributed by atoms with Gasteiger partial charge in [0, 0.05) is 17.7 Å². The van der Waals surface area contributed by atoms with Crippen molar-refractivity contribution in [1.29, 1.82) is 0 Å². The molecule has 0 radical (unpaired) electrons. The Bertz CT molecular complexity index is 800. The zero-order valence-corrected chi connectivity index (χ0v) is 14.8. The smallest absolute Gasteiger partial charge is 0.173 e. The quantitative estimate of drug-likeness (QED) is 0.819. The lowest BCUT2D eigenvalue weighted by Crippen LogP contribution is -2.41. The van der Waals surface area contributed by atoms with Gasteiger partial charge in [-0.15, -0.1) is 0 Å². The molecule has 0 saturated heterocycles. The SMILES string of the molecule is COc1ccc(OC)c2c1CN(C(=S)Nc1ccccc1F)C[C@H]2O. The third-order valence-electron chi connectivity index (χ3n) is 4.19. The van der Waals surface area contributed by atoms with Gasteiger partial charge in [0.2, 0.25) is 0 Å². The molecule has 3 rings (SSSR count). The molecule has 132 valence electrons. The Morgan fingerprint density at radius 3 is 2.56 bits per heavy atom. The molecule has 1 atom stereocenters. The molecular weight excluding hydrogens is 343 g/mol. The van der Waals surface area contributed by atoms with Gasteiger partial charge in [-0.25, -0.2) is 4.39 Å². The minimum absolute atomic E-state index is 0.275. The molecule has 2 aromatic rings. The van der Waals surface area contributed by atoms with Crippen LogP contribution in [0.1, 0.15) is 17.2 Å². The van der Waals surface area contributed by atoms with Crippen molar-refractivity contribution < 1.29 is 19.0 Å². The standard InChI is InChI=1S/C18H19FN2O3S/c1-23-15-7-8-16(24-2)17-11(15)9-21(10-14(17)22)18(25)20-13-6-4-3-5-12(13)19/h3-8,14,22H,9-10H2,1-2H3,(H,20,25)/t14-/m1/s1. The van der Waals surface area contributed by atoms with Gasteiger partial charge in [0.1, 0.15) is 23.4 Å². The second-order valence-electron chi connectivity index (χ2n) is 5.67. The van der Waals surface area contributed by atoms with E-state index in [1.54, 1.807) is 49.5 Å². The van der Waals surface area contributed by atoms with Crippen LogP contribution in [0, 0.1) is 5.82 Å². The molecule has 1 aliphatic heterocycles. The van der Waals surface area contributed by atoms with Crippen molar-refractivity contribution in [2.24, 2.45) is 0 Å². The summed E-state index contributed by atoms with van der Waals surface area (Å²) in [5, 5.41) is 13.8. The molecule has 0 fully saturated rings. The van der Waals surface area contributed by atoms with Crippen LogP contribution >= 0.6 is 12.2 Å². The number of methoxy groups -OCH3 is 2. The summed E-state index contributed by atoms with van der Waals surface area (Å²) in [6, 6.07) is 9.87. The maximum atomic E-state index is 13.8. The van der Waals surface area contributed by atoms with Crippen molar-refractivity contribution in [2.75, 3.05) is 26.1 Å². The normalized spacial score (nSPS) is 16.2. The minimum Gasteiger partial charge on any atom is -0.496 e. The highest BCUT2D eigenvalue weighted by molar-refractivity contribution is 7.80. The van der Waals surface area contributed by atoms with Gasteiger partial charge in [-0.2, -0.15) is 0 Å². The molecule has 2 N–H and O–H groups in total. The third-order valence-corrected chi connectivity index (χ3v) is 4.55. The number of ether oxygens (including phenoxy) is 2. The van der Waals surface area contributed by atoms with Gasteiger partial charge >= 0.3 is 0 Å². The Balaban J connectivity index is 1.88. The second-order valence-corrected chi connectivity index (χ2v) is 6.06. The van der Waals surface area contributed by atoms with Crippen LogP contribution in [0.25, 0.3) is 0 Å². The van der Waals surface area contributed by atoms with Crippen molar-refractivity contribution in [2.45, 2.75) is 12.6 Å². The summed E-state index contributed by atoms with van der Waals surface area (Å²) in [6.45, 7) is 0.698. The molecule has 0 amide bonds. The third kappa shape index (κ3) is 3.38. The lowest BCUT2D eigenvalue weighted by Gasteiger charge is -2.35. The number of halogens is 1. The van der Waals surface area contributed by atoms with E-state index in [1.807, 2.05) is 0 Å². The lowest BCUT2D eigenvalue weighted by atomic mass is 9.95. The van der Waals surface area contributed by atoms with E-state index in [2.05, 4.69) is 5.32 Å². The van der Waals surface area contributed by atoms with Crippen molar-refractivity contribution in [3.63, 3.8) is 0 Å². The molecule has 0 aliphatic carbocycles. The number of nitrogens with zero attached hydrogens (tertiary/aromatic N) is 1. The van der Waals surface area contributed by atoms with E-state index in [0.717, 1.165) is 5.56 Å². The number of β-amino-alcohol motifs (C(OH)–C–C–N with tert-alkyl or cyclic N) is 1. The number of para-hydroxylation sites is 1. The largest absolute Gasteiger partial charge is 0.496 e. The number of thiocarbonyl (C=S) groups is 1. The topological polar surface area (TPSA) is 54.0 Å². The van der Waals surface area contributed by atoms with E-state index >= 15 is 0 Å². The van der Waals surface area contributed by atoms with Crippen LogP contribution in [0.15, 0.2) is 36.4 Å². The summed E-state index contributed by atoms with van der Waals surface area (Å²) in [7, 11) is 3.13. The van der Waals surface area contributed by atoms with Crippen molar-refractivity contribution >= 4 is 23.0 Å². The Labute approximate surface area is 151 Å². The highest BCUT2D eigenvalue weighted by Crippen LogP contribution is 2.39. The second kappa shape index (κ2) is 7.25. The molecule has 5 nitrogen and oxygen atoms in total. The van der Waals surface area contributed by atoms with Gasteiger partial charge < -0.3 is 24.8 Å². The monoisotopic (exact) mass is 362 g/mol. The highest BCUT2D eigenvalue weighted by atomic mass is 32.1. The predicted molar refractivity (Wildman–Crippen MR) is 97.5 cm³/mol. The zero-order valence-electron chi connectivity index (χ0n) is 14.0. The number of aliphatic hydroxyl groups excluding tert-OH is 1. The Kier molecular flexibility index (Phi) is 5.06. The summed E-state index contributed by atoms with van der Waals surface area (Å²) in [6.07, 6.45) is -0.797. The maximum absolute atomic E-state index is 13.8. The molecular formula is C18H19FN2O3S. The molecule has 0 spiro atoms. The summed E-state index contributed by atoms with van der Waals surface area (Å²) in [5.41, 5.74) is 1.80. The number of aliphatic hydroxyl groups is 1. The first-order valence-electron chi connectivity index (χ1n) is 7.77. The fourth-order valence-electron chi connectivity index (χ4n) is 2.99. The van der Waals surface area contributed by atoms with E-state index in [4.69, 9.17) is 21.7 Å². The maximum Gasteiger partial charge on any atom is 0.173 e. The average molecular weight is 362 g/mol. The summed E-state index contributed by atoms with van der Waals surface area (Å²) in [5.74, 6) is 0.867. The first-order chi connectivity index (χ1) is 12.0. The Morgan fingerprint density at radius 2 is 1.88 bits per heavy atom. The number of hydrogen-bond donors (Lipinski definition) is 2. The first kappa shape index (κ1) is 17.4. The fourth-order valence-corrected chi connectivity index (χ4v) is 3.24. The van der Waals surface area contributed by atoms with Crippen LogP contribution in [-0.2, 0) is 6.54 Å². The van der Waals surface area contributed by atoms with Gasteiger partial charge in [-0.3, -0.25) is 0 Å². The zero-order chi connectivity index (χ0) is 18.0. The number of benzene rings is 2. The van der Waals surface area contributed by atoms with Crippen LogP contribution in [0.3, 0.4) is 0 Å². The van der Waals surface area contributed by atoms with Gasteiger partial charge in [0.05, 0.1) is 26.5 Å². The molecule has 1 aliphatic rings. The van der Waals surface area contributed by atoms with Crippen LogP contribution < -0.4 is 14.8 Å². The predicted octanol–water partition coefficient (Wildman–Crippen LogP) is 3.09. The lowest BCUT2D eigenvalue weighted by molar-refractivity contribution is 0.123. The van der Waals surface area contributed by atoms with Gasteiger partial charge in [-0.1, -0.05) is 12.1 Å². The summed E-state index contributed by atoms with van der Waals surface area (Å²) < 4.78 is 24.6. The van der Waals surface area contributed by atoms with Gasteiger partial charge in [-0.05, 0) is 36.5 Å². The van der Waals surface area contributed by atoms with E-state index in [0.29, 0.717) is 34.4 Å². The molecule has 1 heterocycles. The first-order valence-corrected chi connectivity index (χ1v) is 8.18. The van der Waals surface area contributed by atoms with Crippen LogP contribution in [-0.4, -0.2) is 35.9 Å².